The molecule has 2 rings (SSSR count). The van der Waals surface area contributed by atoms with Gasteiger partial charge in [-0.05, 0) is 24.1 Å². The van der Waals surface area contributed by atoms with E-state index in [1.165, 1.54) is 4.90 Å². The van der Waals surface area contributed by atoms with Crippen LogP contribution < -0.4 is 0 Å². The number of benzene rings is 1. The first-order chi connectivity index (χ1) is 10.3. The fourth-order valence-corrected chi connectivity index (χ4v) is 1.99. The van der Waals surface area contributed by atoms with Crippen LogP contribution in [0.4, 0.5) is 13.2 Å². The molecule has 0 radical (unpaired) electrons. The number of likely N-dealkylation sites (N-methyl/N-ethyl adjacent to an activating group) is 1. The van der Waals surface area contributed by atoms with Crippen LogP contribution in [0.5, 0.6) is 0 Å². The van der Waals surface area contributed by atoms with E-state index in [1.807, 2.05) is 31.2 Å². The number of aromatic nitrogens is 2. The van der Waals surface area contributed by atoms with Gasteiger partial charge < -0.3 is 4.90 Å². The number of carbonyl (C=O) groups is 1. The topological polar surface area (TPSA) is 38.1 Å². The quantitative estimate of drug-likeness (QED) is 0.871. The van der Waals surface area contributed by atoms with Crippen LogP contribution in [0.15, 0.2) is 36.5 Å². The fraction of sp³-hybridized carbons (Fsp3) is 0.333. The van der Waals surface area contributed by atoms with Gasteiger partial charge in [0.1, 0.15) is 6.54 Å². The summed E-state index contributed by atoms with van der Waals surface area (Å²) in [5.74, 6) is -0.305. The second kappa shape index (κ2) is 6.21. The fourth-order valence-electron chi connectivity index (χ4n) is 1.99. The second-order valence-electron chi connectivity index (χ2n) is 5.07. The lowest BCUT2D eigenvalue weighted by molar-refractivity contribution is -0.142. The molecule has 1 amide bonds. The minimum Gasteiger partial charge on any atom is -0.340 e. The number of hydrogen-bond donors (Lipinski definition) is 0. The standard InChI is InChI=1S/C15H16F3N3O/c1-11-5-3-4-6-12(11)9-20(2)14(22)10-21-8-7-13(19-21)15(16,17)18/h3-8H,9-10H2,1-2H3. The van der Waals surface area contributed by atoms with Crippen LogP contribution in [-0.2, 0) is 24.1 Å². The van der Waals surface area contributed by atoms with Crippen molar-refractivity contribution in [2.24, 2.45) is 0 Å². The van der Waals surface area contributed by atoms with Crippen LogP contribution in [0.3, 0.4) is 0 Å². The molecule has 1 aromatic carbocycles. The zero-order valence-electron chi connectivity index (χ0n) is 12.3. The summed E-state index contributed by atoms with van der Waals surface area (Å²) in [6.45, 7) is 2.12. The highest BCUT2D eigenvalue weighted by Gasteiger charge is 2.33. The normalized spacial score (nSPS) is 11.5. The number of rotatable bonds is 4. The summed E-state index contributed by atoms with van der Waals surface area (Å²) in [5.41, 5.74) is 1.05. The van der Waals surface area contributed by atoms with Gasteiger partial charge in [-0.1, -0.05) is 24.3 Å². The van der Waals surface area contributed by atoms with Gasteiger partial charge in [0.2, 0.25) is 5.91 Å². The van der Waals surface area contributed by atoms with Gasteiger partial charge in [0.15, 0.2) is 5.69 Å². The van der Waals surface area contributed by atoms with Gasteiger partial charge in [-0.15, -0.1) is 0 Å². The molecule has 1 aromatic heterocycles. The molecular formula is C15H16F3N3O. The van der Waals surface area contributed by atoms with Crippen LogP contribution >= 0.6 is 0 Å². The highest BCUT2D eigenvalue weighted by atomic mass is 19.4. The number of alkyl halides is 3. The Bertz CT molecular complexity index is 664. The van der Waals surface area contributed by atoms with Crippen molar-refractivity contribution in [1.82, 2.24) is 14.7 Å². The summed E-state index contributed by atoms with van der Waals surface area (Å²) >= 11 is 0. The van der Waals surface area contributed by atoms with E-state index in [1.54, 1.807) is 7.05 Å². The van der Waals surface area contributed by atoms with Gasteiger partial charge in [-0.3, -0.25) is 9.48 Å². The zero-order valence-corrected chi connectivity index (χ0v) is 12.3. The third kappa shape index (κ3) is 3.87. The van der Waals surface area contributed by atoms with Crippen molar-refractivity contribution in [1.29, 1.82) is 0 Å². The Labute approximate surface area is 126 Å². The van der Waals surface area contributed by atoms with Gasteiger partial charge in [0.05, 0.1) is 0 Å². The molecule has 0 spiro atoms. The Morgan fingerprint density at radius 2 is 1.95 bits per heavy atom. The average molecular weight is 311 g/mol. The third-order valence-electron chi connectivity index (χ3n) is 3.32. The average Bonchev–Trinajstić information content (AvgIpc) is 2.89. The van der Waals surface area contributed by atoms with E-state index in [0.717, 1.165) is 28.1 Å². The lowest BCUT2D eigenvalue weighted by atomic mass is 10.1. The van der Waals surface area contributed by atoms with Crippen molar-refractivity contribution in [2.45, 2.75) is 26.2 Å². The predicted molar refractivity (Wildman–Crippen MR) is 74.9 cm³/mol. The molecule has 0 atom stereocenters. The molecule has 0 bridgehead atoms. The second-order valence-corrected chi connectivity index (χ2v) is 5.07. The largest absolute Gasteiger partial charge is 0.435 e. The van der Waals surface area contributed by atoms with E-state index in [0.29, 0.717) is 6.54 Å². The number of nitrogens with zero attached hydrogens (tertiary/aromatic N) is 3. The Morgan fingerprint density at radius 3 is 2.55 bits per heavy atom. The van der Waals surface area contributed by atoms with E-state index in [2.05, 4.69) is 5.10 Å². The molecular weight excluding hydrogens is 295 g/mol. The van der Waals surface area contributed by atoms with Crippen LogP contribution in [0, 0.1) is 6.92 Å². The minimum absolute atomic E-state index is 0.224. The lowest BCUT2D eigenvalue weighted by Crippen LogP contribution is -2.30. The number of hydrogen-bond acceptors (Lipinski definition) is 2. The highest BCUT2D eigenvalue weighted by Crippen LogP contribution is 2.27. The third-order valence-corrected chi connectivity index (χ3v) is 3.32. The summed E-state index contributed by atoms with van der Waals surface area (Å²) in [4.78, 5) is 13.5. The van der Waals surface area contributed by atoms with Crippen molar-refractivity contribution >= 4 is 5.91 Å². The van der Waals surface area contributed by atoms with E-state index < -0.39 is 11.9 Å². The lowest BCUT2D eigenvalue weighted by Gasteiger charge is -2.18. The molecule has 4 nitrogen and oxygen atoms in total. The van der Waals surface area contributed by atoms with E-state index >= 15 is 0 Å². The highest BCUT2D eigenvalue weighted by molar-refractivity contribution is 5.75. The first kappa shape index (κ1) is 16.1. The van der Waals surface area contributed by atoms with Crippen molar-refractivity contribution in [3.63, 3.8) is 0 Å². The van der Waals surface area contributed by atoms with E-state index in [-0.39, 0.29) is 12.5 Å². The maximum Gasteiger partial charge on any atom is 0.435 e. The molecule has 0 aliphatic carbocycles. The smallest absolute Gasteiger partial charge is 0.340 e. The van der Waals surface area contributed by atoms with Crippen molar-refractivity contribution in [2.75, 3.05) is 7.05 Å². The summed E-state index contributed by atoms with van der Waals surface area (Å²) in [7, 11) is 1.61. The Hall–Kier alpha value is -2.31. The van der Waals surface area contributed by atoms with Crippen molar-refractivity contribution in [3.8, 4) is 0 Å². The SMILES string of the molecule is Cc1ccccc1CN(C)C(=O)Cn1ccc(C(F)(F)F)n1. The monoisotopic (exact) mass is 311 g/mol. The molecule has 0 unspecified atom stereocenters. The maximum atomic E-state index is 12.5. The molecule has 0 aliphatic rings. The summed E-state index contributed by atoms with van der Waals surface area (Å²) < 4.78 is 38.4. The molecule has 22 heavy (non-hydrogen) atoms. The molecule has 0 aliphatic heterocycles. The Morgan fingerprint density at radius 1 is 1.27 bits per heavy atom. The molecule has 0 saturated heterocycles. The van der Waals surface area contributed by atoms with Crippen LogP contribution in [0.2, 0.25) is 0 Å². The maximum absolute atomic E-state index is 12.5. The molecule has 0 fully saturated rings. The number of aryl methyl sites for hydroxylation is 1. The molecule has 7 heteroatoms. The number of halogens is 3. The first-order valence-corrected chi connectivity index (χ1v) is 6.66. The van der Waals surface area contributed by atoms with Gasteiger partial charge in [0, 0.05) is 19.8 Å². The van der Waals surface area contributed by atoms with Gasteiger partial charge >= 0.3 is 6.18 Å². The molecule has 0 N–H and O–H groups in total. The van der Waals surface area contributed by atoms with Gasteiger partial charge in [-0.25, -0.2) is 0 Å². The first-order valence-electron chi connectivity index (χ1n) is 6.66. The molecule has 118 valence electrons. The van der Waals surface area contributed by atoms with Crippen LogP contribution in [-0.4, -0.2) is 27.6 Å². The van der Waals surface area contributed by atoms with Gasteiger partial charge in [0.25, 0.3) is 0 Å². The Kier molecular flexibility index (Phi) is 4.54. The van der Waals surface area contributed by atoms with Crippen LogP contribution in [0.25, 0.3) is 0 Å². The number of amides is 1. The summed E-state index contributed by atoms with van der Waals surface area (Å²) in [6.07, 6.45) is -3.34. The van der Waals surface area contributed by atoms with Crippen molar-refractivity contribution < 1.29 is 18.0 Å². The molecule has 1 heterocycles. The predicted octanol–water partition coefficient (Wildman–Crippen LogP) is 2.87. The Balaban J connectivity index is 2.00. The minimum atomic E-state index is -4.50. The summed E-state index contributed by atoms with van der Waals surface area (Å²) in [5, 5.41) is 3.37. The van der Waals surface area contributed by atoms with E-state index in [4.69, 9.17) is 0 Å². The number of carbonyl (C=O) groups excluding carboxylic acids is 1. The van der Waals surface area contributed by atoms with Crippen LogP contribution in [0.1, 0.15) is 16.8 Å². The van der Waals surface area contributed by atoms with Gasteiger partial charge in [-0.2, -0.15) is 18.3 Å². The molecule has 0 saturated carbocycles. The summed E-state index contributed by atoms with van der Waals surface area (Å²) in [6, 6.07) is 8.49. The van der Waals surface area contributed by atoms with Crippen molar-refractivity contribution in [3.05, 3.63) is 53.3 Å². The zero-order chi connectivity index (χ0) is 16.3. The molecule has 2 aromatic rings. The van der Waals surface area contributed by atoms with E-state index in [9.17, 15) is 18.0 Å².